The number of pyridine rings is 1. The molecule has 15 heavy (non-hydrogen) atoms. The molecule has 0 radical (unpaired) electrons. The van der Waals surface area contributed by atoms with E-state index < -0.39 is 0 Å². The molecule has 0 aliphatic carbocycles. The van der Waals surface area contributed by atoms with E-state index in [1.165, 1.54) is 5.56 Å². The van der Waals surface area contributed by atoms with Crippen LogP contribution < -0.4 is 11.1 Å². The molecule has 0 aliphatic rings. The predicted molar refractivity (Wildman–Crippen MR) is 63.5 cm³/mol. The Morgan fingerprint density at radius 1 is 1.40 bits per heavy atom. The van der Waals surface area contributed by atoms with Crippen molar-refractivity contribution in [3.63, 3.8) is 0 Å². The minimum Gasteiger partial charge on any atom is -0.326 e. The first-order chi connectivity index (χ1) is 7.03. The molecular formula is C12H21N3. The molecule has 3 heteroatoms. The maximum absolute atomic E-state index is 5.98. The minimum absolute atomic E-state index is 0.0951. The second-order valence-corrected chi connectivity index (χ2v) is 4.65. The van der Waals surface area contributed by atoms with Crippen LogP contribution in [-0.4, -0.2) is 17.6 Å². The van der Waals surface area contributed by atoms with Crippen LogP contribution in [0.25, 0.3) is 0 Å². The van der Waals surface area contributed by atoms with Crippen molar-refractivity contribution in [3.05, 3.63) is 30.1 Å². The molecule has 84 valence electrons. The topological polar surface area (TPSA) is 50.9 Å². The summed E-state index contributed by atoms with van der Waals surface area (Å²) in [6.45, 7) is 4.12. The molecule has 0 spiro atoms. The fourth-order valence-corrected chi connectivity index (χ4v) is 1.59. The Morgan fingerprint density at radius 2 is 2.00 bits per heavy atom. The molecule has 1 aromatic heterocycles. The molecule has 1 heterocycles. The van der Waals surface area contributed by atoms with Gasteiger partial charge in [-0.25, -0.2) is 0 Å². The van der Waals surface area contributed by atoms with Gasteiger partial charge in [-0.3, -0.25) is 4.98 Å². The number of hydrogen-bond donors (Lipinski definition) is 2. The summed E-state index contributed by atoms with van der Waals surface area (Å²) < 4.78 is 0. The number of nitrogens with zero attached hydrogens (tertiary/aromatic N) is 1. The largest absolute Gasteiger partial charge is 0.326 e. The zero-order valence-electron chi connectivity index (χ0n) is 9.83. The average Bonchev–Trinajstić information content (AvgIpc) is 2.19. The predicted octanol–water partition coefficient (Wildman–Crippen LogP) is 1.86. The zero-order valence-corrected chi connectivity index (χ0v) is 9.83. The molecule has 1 aromatic rings. The lowest BCUT2D eigenvalue weighted by Gasteiger charge is -2.23. The van der Waals surface area contributed by atoms with E-state index in [1.807, 2.05) is 31.6 Å². The first-order valence-corrected chi connectivity index (χ1v) is 5.39. The van der Waals surface area contributed by atoms with Gasteiger partial charge < -0.3 is 11.1 Å². The molecule has 0 aliphatic heterocycles. The molecule has 3 N–H and O–H groups in total. The van der Waals surface area contributed by atoms with Crippen LogP contribution in [0.3, 0.4) is 0 Å². The van der Waals surface area contributed by atoms with Crippen molar-refractivity contribution in [2.75, 3.05) is 7.05 Å². The van der Waals surface area contributed by atoms with Crippen LogP contribution >= 0.6 is 0 Å². The molecule has 3 nitrogen and oxygen atoms in total. The molecule has 0 saturated heterocycles. The van der Waals surface area contributed by atoms with Crippen molar-refractivity contribution in [2.24, 2.45) is 5.73 Å². The van der Waals surface area contributed by atoms with E-state index in [2.05, 4.69) is 24.1 Å². The van der Waals surface area contributed by atoms with Crippen molar-refractivity contribution in [1.82, 2.24) is 10.3 Å². The smallest absolute Gasteiger partial charge is 0.0319 e. The normalized spacial score (nSPS) is 13.9. The van der Waals surface area contributed by atoms with Crippen molar-refractivity contribution < 1.29 is 0 Å². The quantitative estimate of drug-likeness (QED) is 0.775. The van der Waals surface area contributed by atoms with E-state index in [4.69, 9.17) is 5.73 Å². The van der Waals surface area contributed by atoms with Crippen molar-refractivity contribution in [2.45, 2.75) is 38.3 Å². The number of nitrogens with two attached hydrogens (primary N) is 1. The lowest BCUT2D eigenvalue weighted by molar-refractivity contribution is 0.411. The summed E-state index contributed by atoms with van der Waals surface area (Å²) >= 11 is 0. The number of hydrogen-bond acceptors (Lipinski definition) is 3. The van der Waals surface area contributed by atoms with Gasteiger partial charge in [0.2, 0.25) is 0 Å². The van der Waals surface area contributed by atoms with Gasteiger partial charge in [0.15, 0.2) is 0 Å². The fraction of sp³-hybridized carbons (Fsp3) is 0.583. The monoisotopic (exact) mass is 207 g/mol. The maximum Gasteiger partial charge on any atom is 0.0319 e. The Morgan fingerprint density at radius 3 is 2.47 bits per heavy atom. The third-order valence-electron chi connectivity index (χ3n) is 2.53. The first-order valence-electron chi connectivity index (χ1n) is 5.39. The molecule has 0 fully saturated rings. The van der Waals surface area contributed by atoms with Gasteiger partial charge >= 0.3 is 0 Å². The number of rotatable bonds is 5. The van der Waals surface area contributed by atoms with Crippen LogP contribution in [0.1, 0.15) is 38.3 Å². The lowest BCUT2D eigenvalue weighted by atomic mass is 9.94. The molecule has 0 bridgehead atoms. The average molecular weight is 207 g/mol. The maximum atomic E-state index is 5.98. The van der Waals surface area contributed by atoms with Crippen LogP contribution in [0, 0.1) is 0 Å². The summed E-state index contributed by atoms with van der Waals surface area (Å²) in [6.07, 6.45) is 5.70. The van der Waals surface area contributed by atoms with Gasteiger partial charge in [-0.15, -0.1) is 0 Å². The molecule has 1 rings (SSSR count). The Kier molecular flexibility index (Phi) is 4.24. The van der Waals surface area contributed by atoms with Gasteiger partial charge in [0.25, 0.3) is 0 Å². The Balaban J connectivity index is 2.58. The number of nitrogens with one attached hydrogen (secondary N) is 1. The van der Waals surface area contributed by atoms with Gasteiger partial charge in [0, 0.05) is 24.0 Å². The summed E-state index contributed by atoms with van der Waals surface area (Å²) in [6, 6.07) is 4.46. The van der Waals surface area contributed by atoms with Gasteiger partial charge in [-0.1, -0.05) is 0 Å². The molecule has 1 atom stereocenters. The fourth-order valence-electron chi connectivity index (χ4n) is 1.59. The van der Waals surface area contributed by atoms with E-state index in [9.17, 15) is 0 Å². The van der Waals surface area contributed by atoms with E-state index in [1.54, 1.807) is 0 Å². The highest BCUT2D eigenvalue weighted by atomic mass is 14.9. The van der Waals surface area contributed by atoms with E-state index in [0.717, 1.165) is 12.8 Å². The van der Waals surface area contributed by atoms with Crippen LogP contribution in [0.5, 0.6) is 0 Å². The van der Waals surface area contributed by atoms with Gasteiger partial charge in [-0.2, -0.15) is 0 Å². The van der Waals surface area contributed by atoms with Gasteiger partial charge in [0.1, 0.15) is 0 Å². The van der Waals surface area contributed by atoms with Crippen molar-refractivity contribution >= 4 is 0 Å². The van der Waals surface area contributed by atoms with Crippen LogP contribution in [0.2, 0.25) is 0 Å². The first kappa shape index (κ1) is 12.1. The summed E-state index contributed by atoms with van der Waals surface area (Å²) in [5.41, 5.74) is 7.16. The standard InChI is InChI=1S/C12H21N3/c1-12(2,13)7-4-11(14-3)10-5-8-15-9-6-10/h5-6,8-9,11,14H,4,7,13H2,1-3H3. The highest BCUT2D eigenvalue weighted by Gasteiger charge is 2.15. The van der Waals surface area contributed by atoms with E-state index >= 15 is 0 Å². The third kappa shape index (κ3) is 4.40. The van der Waals surface area contributed by atoms with Gasteiger partial charge in [0.05, 0.1) is 0 Å². The summed E-state index contributed by atoms with van der Waals surface area (Å²) in [5.74, 6) is 0. The Hall–Kier alpha value is -0.930. The molecule has 0 amide bonds. The highest BCUT2D eigenvalue weighted by Crippen LogP contribution is 2.20. The SMILES string of the molecule is CNC(CCC(C)(C)N)c1ccncc1. The molecular weight excluding hydrogens is 186 g/mol. The highest BCUT2D eigenvalue weighted by molar-refractivity contribution is 5.14. The van der Waals surface area contributed by atoms with Crippen LogP contribution in [0.4, 0.5) is 0 Å². The molecule has 1 unspecified atom stereocenters. The second-order valence-electron chi connectivity index (χ2n) is 4.65. The van der Waals surface area contributed by atoms with Crippen LogP contribution in [-0.2, 0) is 0 Å². The Bertz CT molecular complexity index is 277. The molecule has 0 aromatic carbocycles. The number of aromatic nitrogens is 1. The molecule has 0 saturated carbocycles. The van der Waals surface area contributed by atoms with Gasteiger partial charge in [-0.05, 0) is 51.4 Å². The zero-order chi connectivity index (χ0) is 11.3. The van der Waals surface area contributed by atoms with E-state index in [-0.39, 0.29) is 5.54 Å². The van der Waals surface area contributed by atoms with Crippen molar-refractivity contribution in [1.29, 1.82) is 0 Å². The summed E-state index contributed by atoms with van der Waals surface area (Å²) in [4.78, 5) is 4.02. The third-order valence-corrected chi connectivity index (χ3v) is 2.53. The van der Waals surface area contributed by atoms with E-state index in [0.29, 0.717) is 6.04 Å². The minimum atomic E-state index is -0.0951. The summed E-state index contributed by atoms with van der Waals surface area (Å²) in [7, 11) is 1.98. The van der Waals surface area contributed by atoms with Crippen molar-refractivity contribution in [3.8, 4) is 0 Å². The van der Waals surface area contributed by atoms with Crippen LogP contribution in [0.15, 0.2) is 24.5 Å². The lowest BCUT2D eigenvalue weighted by Crippen LogP contribution is -2.33. The second kappa shape index (κ2) is 5.24. The summed E-state index contributed by atoms with van der Waals surface area (Å²) in [5, 5.41) is 3.31. The Labute approximate surface area is 92.1 Å².